The number of phosphoric ester groups is 1. The molecular formula is C45H82NO8P. The van der Waals surface area contributed by atoms with Crippen molar-refractivity contribution in [2.45, 2.75) is 200 Å². The Kier molecular flexibility index (Phi) is 40.1. The highest BCUT2D eigenvalue weighted by molar-refractivity contribution is 7.47. The maximum Gasteiger partial charge on any atom is 0.472 e. The molecule has 0 aromatic rings. The third-order valence-corrected chi connectivity index (χ3v) is 10.2. The van der Waals surface area contributed by atoms with Gasteiger partial charge in [0.2, 0.25) is 0 Å². The SMILES string of the molecule is CCC=CCC=CCC=CCCCCCCCC(=O)OC[C@H](COP(=O)(O)OCCN)OC(=O)CCCCCCCCCCCC=CCCCCCCCC. The smallest absolute Gasteiger partial charge is 0.462 e. The fraction of sp³-hybridized carbons (Fsp3) is 0.778. The van der Waals surface area contributed by atoms with E-state index in [1.165, 1.54) is 83.5 Å². The van der Waals surface area contributed by atoms with Gasteiger partial charge < -0.3 is 20.1 Å². The van der Waals surface area contributed by atoms with Crippen molar-refractivity contribution in [2.75, 3.05) is 26.4 Å². The van der Waals surface area contributed by atoms with Crippen LogP contribution < -0.4 is 5.73 Å². The summed E-state index contributed by atoms with van der Waals surface area (Å²) >= 11 is 0. The van der Waals surface area contributed by atoms with E-state index < -0.39 is 32.5 Å². The van der Waals surface area contributed by atoms with E-state index in [9.17, 15) is 19.0 Å². The zero-order valence-electron chi connectivity index (χ0n) is 35.2. The number of carbonyl (C=O) groups is 2. The molecule has 0 saturated heterocycles. The van der Waals surface area contributed by atoms with E-state index in [4.69, 9.17) is 24.3 Å². The van der Waals surface area contributed by atoms with Gasteiger partial charge in [0.1, 0.15) is 6.61 Å². The molecule has 3 N–H and O–H groups in total. The molecule has 320 valence electrons. The van der Waals surface area contributed by atoms with Crippen molar-refractivity contribution >= 4 is 19.8 Å². The molecule has 0 amide bonds. The van der Waals surface area contributed by atoms with Crippen molar-refractivity contribution in [3.05, 3.63) is 48.6 Å². The Balaban J connectivity index is 4.15. The van der Waals surface area contributed by atoms with Crippen LogP contribution in [0.3, 0.4) is 0 Å². The van der Waals surface area contributed by atoms with E-state index in [0.29, 0.717) is 12.8 Å². The van der Waals surface area contributed by atoms with E-state index >= 15 is 0 Å². The molecule has 0 aliphatic heterocycles. The highest BCUT2D eigenvalue weighted by Gasteiger charge is 2.26. The van der Waals surface area contributed by atoms with Crippen LogP contribution in [0.1, 0.15) is 194 Å². The Labute approximate surface area is 336 Å². The van der Waals surface area contributed by atoms with Crippen LogP contribution >= 0.6 is 7.82 Å². The molecule has 0 aromatic heterocycles. The fourth-order valence-corrected chi connectivity index (χ4v) is 6.70. The molecule has 0 aliphatic carbocycles. The Morgan fingerprint density at radius 3 is 1.51 bits per heavy atom. The molecule has 0 radical (unpaired) electrons. The lowest BCUT2D eigenvalue weighted by Crippen LogP contribution is -2.29. The standard InChI is InChI=1S/C45H82NO8P/c1-3-5-7-9-11-13-15-17-19-20-21-22-24-26-28-30-32-34-36-38-45(48)54-43(42-53-55(49,50)52-40-39-46)41-51-44(47)37-35-33-31-29-27-25-23-18-16-14-12-10-8-6-4-2/h6,8,12,14,17-19,23,43H,3-5,7,9-11,13,15-16,20-22,24-42,46H2,1-2H3,(H,49,50)/t43-/m1/s1. The van der Waals surface area contributed by atoms with Crippen LogP contribution in [-0.2, 0) is 32.7 Å². The van der Waals surface area contributed by atoms with E-state index in [1.54, 1.807) is 0 Å². The Bertz CT molecular complexity index is 1040. The van der Waals surface area contributed by atoms with Gasteiger partial charge in [-0.3, -0.25) is 18.6 Å². The topological polar surface area (TPSA) is 134 Å². The van der Waals surface area contributed by atoms with Crippen LogP contribution in [0.15, 0.2) is 48.6 Å². The minimum absolute atomic E-state index is 0.0493. The number of phosphoric acid groups is 1. The van der Waals surface area contributed by atoms with Crippen LogP contribution in [0.2, 0.25) is 0 Å². The molecular weight excluding hydrogens is 713 g/mol. The van der Waals surface area contributed by atoms with Gasteiger partial charge in [0.15, 0.2) is 6.10 Å². The van der Waals surface area contributed by atoms with Gasteiger partial charge in [-0.25, -0.2) is 4.57 Å². The molecule has 0 aromatic carbocycles. The maximum absolute atomic E-state index is 12.6. The van der Waals surface area contributed by atoms with Crippen molar-refractivity contribution < 1.29 is 37.6 Å². The highest BCUT2D eigenvalue weighted by atomic mass is 31.2. The Morgan fingerprint density at radius 2 is 1.00 bits per heavy atom. The first-order valence-corrected chi connectivity index (χ1v) is 23.6. The number of esters is 2. The van der Waals surface area contributed by atoms with Crippen molar-refractivity contribution in [1.82, 2.24) is 0 Å². The summed E-state index contributed by atoms with van der Waals surface area (Å²) in [6.45, 7) is 3.60. The lowest BCUT2D eigenvalue weighted by Gasteiger charge is -2.19. The number of rotatable bonds is 41. The molecule has 0 rings (SSSR count). The van der Waals surface area contributed by atoms with Crippen LogP contribution in [0.4, 0.5) is 0 Å². The van der Waals surface area contributed by atoms with Crippen LogP contribution in [0, 0.1) is 0 Å². The van der Waals surface area contributed by atoms with Crippen molar-refractivity contribution in [2.24, 2.45) is 5.73 Å². The van der Waals surface area contributed by atoms with Gasteiger partial charge in [-0.05, 0) is 70.6 Å². The van der Waals surface area contributed by atoms with Crippen molar-refractivity contribution in [3.8, 4) is 0 Å². The zero-order chi connectivity index (χ0) is 40.3. The number of carbonyl (C=O) groups excluding carboxylic acids is 2. The largest absolute Gasteiger partial charge is 0.472 e. The monoisotopic (exact) mass is 796 g/mol. The average Bonchev–Trinajstić information content (AvgIpc) is 3.17. The summed E-state index contributed by atoms with van der Waals surface area (Å²) in [5.41, 5.74) is 5.35. The lowest BCUT2D eigenvalue weighted by molar-refractivity contribution is -0.161. The van der Waals surface area contributed by atoms with Gasteiger partial charge in [0, 0.05) is 19.4 Å². The molecule has 0 bridgehead atoms. The quantitative estimate of drug-likeness (QED) is 0.0268. The second-order valence-electron chi connectivity index (χ2n) is 14.5. The molecule has 55 heavy (non-hydrogen) atoms. The predicted molar refractivity (Wildman–Crippen MR) is 229 cm³/mol. The minimum Gasteiger partial charge on any atom is -0.462 e. The maximum atomic E-state index is 12.6. The number of hydrogen-bond acceptors (Lipinski definition) is 8. The van der Waals surface area contributed by atoms with Crippen LogP contribution in [0.5, 0.6) is 0 Å². The molecule has 9 nitrogen and oxygen atoms in total. The molecule has 0 heterocycles. The second kappa shape index (κ2) is 41.6. The molecule has 0 aliphatic rings. The first-order valence-electron chi connectivity index (χ1n) is 22.1. The summed E-state index contributed by atoms with van der Waals surface area (Å²) < 4.78 is 32.8. The Morgan fingerprint density at radius 1 is 0.564 bits per heavy atom. The number of ether oxygens (including phenoxy) is 2. The van der Waals surface area contributed by atoms with Gasteiger partial charge in [-0.15, -0.1) is 0 Å². The third-order valence-electron chi connectivity index (χ3n) is 9.20. The molecule has 2 atom stereocenters. The van der Waals surface area contributed by atoms with E-state index in [2.05, 4.69) is 62.5 Å². The minimum atomic E-state index is -4.38. The predicted octanol–water partition coefficient (Wildman–Crippen LogP) is 12.7. The summed E-state index contributed by atoms with van der Waals surface area (Å²) in [6.07, 6.45) is 47.1. The Hall–Kier alpha value is -2.03. The van der Waals surface area contributed by atoms with E-state index in [-0.39, 0.29) is 32.6 Å². The summed E-state index contributed by atoms with van der Waals surface area (Å²) in [4.78, 5) is 34.9. The molecule has 0 spiro atoms. The number of unbranched alkanes of at least 4 members (excludes halogenated alkanes) is 20. The molecule has 10 heteroatoms. The average molecular weight is 796 g/mol. The van der Waals surface area contributed by atoms with Gasteiger partial charge in [0.25, 0.3) is 0 Å². The second-order valence-corrected chi connectivity index (χ2v) is 16.0. The number of hydrogen-bond donors (Lipinski definition) is 2. The van der Waals surface area contributed by atoms with Gasteiger partial charge >= 0.3 is 19.8 Å². The molecule has 0 fully saturated rings. The third kappa shape index (κ3) is 41.4. The fourth-order valence-electron chi connectivity index (χ4n) is 5.94. The lowest BCUT2D eigenvalue weighted by atomic mass is 10.1. The van der Waals surface area contributed by atoms with Gasteiger partial charge in [-0.1, -0.05) is 159 Å². The van der Waals surface area contributed by atoms with Crippen LogP contribution in [0.25, 0.3) is 0 Å². The van der Waals surface area contributed by atoms with Crippen molar-refractivity contribution in [1.29, 1.82) is 0 Å². The summed E-state index contributed by atoms with van der Waals surface area (Å²) in [5.74, 6) is -0.850. The van der Waals surface area contributed by atoms with Gasteiger partial charge in [0.05, 0.1) is 13.2 Å². The first kappa shape index (κ1) is 53.0. The van der Waals surface area contributed by atoms with Crippen molar-refractivity contribution in [3.63, 3.8) is 0 Å². The molecule has 0 saturated carbocycles. The molecule has 1 unspecified atom stereocenters. The van der Waals surface area contributed by atoms with Gasteiger partial charge in [-0.2, -0.15) is 0 Å². The number of allylic oxidation sites excluding steroid dienone is 8. The summed E-state index contributed by atoms with van der Waals surface area (Å²) in [5, 5.41) is 0. The summed E-state index contributed by atoms with van der Waals surface area (Å²) in [7, 11) is -4.38. The number of nitrogens with two attached hydrogens (primary N) is 1. The summed E-state index contributed by atoms with van der Waals surface area (Å²) in [6, 6.07) is 0. The zero-order valence-corrected chi connectivity index (χ0v) is 36.0. The van der Waals surface area contributed by atoms with E-state index in [0.717, 1.165) is 70.6 Å². The first-order chi connectivity index (χ1) is 26.8. The van der Waals surface area contributed by atoms with Crippen LogP contribution in [-0.4, -0.2) is 49.3 Å². The van der Waals surface area contributed by atoms with E-state index in [1.807, 2.05) is 0 Å². The highest BCUT2D eigenvalue weighted by Crippen LogP contribution is 2.43. The normalized spacial score (nSPS) is 13.7.